The number of ether oxygens (including phenoxy) is 1. The van der Waals surface area contributed by atoms with Crippen molar-refractivity contribution in [3.05, 3.63) is 59.1 Å². The first-order valence-corrected chi connectivity index (χ1v) is 12.1. The van der Waals surface area contributed by atoms with Crippen LogP contribution in [0.5, 0.6) is 5.75 Å². The van der Waals surface area contributed by atoms with Gasteiger partial charge in [0.1, 0.15) is 5.75 Å². The summed E-state index contributed by atoms with van der Waals surface area (Å²) in [6.07, 6.45) is 8.28. The molecule has 2 fully saturated rings. The Morgan fingerprint density at radius 3 is 2.55 bits per heavy atom. The highest BCUT2D eigenvalue weighted by molar-refractivity contribution is 7.99. The fourth-order valence-corrected chi connectivity index (χ4v) is 5.63. The number of halogens is 1. The minimum absolute atomic E-state index is 0.0726. The molecule has 4 nitrogen and oxygen atoms in total. The molecule has 6 heteroatoms. The molecule has 2 aliphatic heterocycles. The average Bonchev–Trinajstić information content (AvgIpc) is 3.34. The minimum atomic E-state index is 0.0726. The summed E-state index contributed by atoms with van der Waals surface area (Å²) in [5.41, 5.74) is 0.853. The zero-order valence-corrected chi connectivity index (χ0v) is 19.5. The van der Waals surface area contributed by atoms with E-state index < -0.39 is 0 Å². The van der Waals surface area contributed by atoms with Crippen molar-refractivity contribution in [2.24, 2.45) is 0 Å². The third-order valence-electron chi connectivity index (χ3n) is 6.11. The average molecular weight is 457 g/mol. The monoisotopic (exact) mass is 456 g/mol. The molecular formula is C25H29ClN2O2S. The first-order valence-electron chi connectivity index (χ1n) is 11.0. The molecule has 0 spiro atoms. The van der Waals surface area contributed by atoms with E-state index >= 15 is 0 Å². The van der Waals surface area contributed by atoms with Gasteiger partial charge >= 0.3 is 0 Å². The number of methoxy groups -OCH3 is 1. The molecule has 31 heavy (non-hydrogen) atoms. The molecule has 2 aliphatic rings. The highest BCUT2D eigenvalue weighted by atomic mass is 35.5. The number of para-hydroxylation sites is 1. The number of carbonyl (C=O) groups is 1. The Morgan fingerprint density at radius 2 is 1.84 bits per heavy atom. The molecule has 0 saturated carbocycles. The number of hydrogen-bond donors (Lipinski definition) is 0. The minimum Gasteiger partial charge on any atom is -0.496 e. The Labute approximate surface area is 194 Å². The predicted molar refractivity (Wildman–Crippen MR) is 128 cm³/mol. The van der Waals surface area contributed by atoms with Crippen LogP contribution >= 0.6 is 23.4 Å². The summed E-state index contributed by atoms with van der Waals surface area (Å²) in [6, 6.07) is 14.5. The Kier molecular flexibility index (Phi) is 7.59. The van der Waals surface area contributed by atoms with E-state index in [-0.39, 0.29) is 5.91 Å². The van der Waals surface area contributed by atoms with Crippen LogP contribution in [0.25, 0.3) is 6.08 Å². The molecule has 0 bridgehead atoms. The zero-order chi connectivity index (χ0) is 21.6. The molecule has 0 unspecified atom stereocenters. The van der Waals surface area contributed by atoms with E-state index in [0.29, 0.717) is 11.1 Å². The summed E-state index contributed by atoms with van der Waals surface area (Å²) in [6.45, 7) is 4.13. The third kappa shape index (κ3) is 5.65. The highest BCUT2D eigenvalue weighted by Crippen LogP contribution is 2.36. The normalized spacial score (nSPS) is 18.1. The van der Waals surface area contributed by atoms with Gasteiger partial charge in [-0.15, -0.1) is 0 Å². The van der Waals surface area contributed by atoms with Crippen LogP contribution in [0.1, 0.15) is 31.2 Å². The van der Waals surface area contributed by atoms with Gasteiger partial charge < -0.3 is 14.5 Å². The summed E-state index contributed by atoms with van der Waals surface area (Å²) >= 11 is 8.11. The number of rotatable bonds is 6. The summed E-state index contributed by atoms with van der Waals surface area (Å²) in [5, 5.41) is 0.636. The summed E-state index contributed by atoms with van der Waals surface area (Å²) in [4.78, 5) is 19.3. The number of likely N-dealkylation sites (tertiary alicyclic amines) is 2. The predicted octanol–water partition coefficient (Wildman–Crippen LogP) is 5.60. The number of carbonyl (C=O) groups excluding carboxylic acids is 1. The van der Waals surface area contributed by atoms with Crippen LogP contribution < -0.4 is 4.74 Å². The van der Waals surface area contributed by atoms with Gasteiger partial charge in [0.05, 0.1) is 12.0 Å². The van der Waals surface area contributed by atoms with Crippen molar-refractivity contribution in [3.63, 3.8) is 0 Å². The first-order chi connectivity index (χ1) is 15.1. The lowest BCUT2D eigenvalue weighted by atomic mass is 10.0. The molecule has 2 aromatic rings. The maximum atomic E-state index is 12.7. The van der Waals surface area contributed by atoms with E-state index in [4.69, 9.17) is 16.3 Å². The van der Waals surface area contributed by atoms with Crippen LogP contribution in [-0.2, 0) is 4.79 Å². The number of hydrogen-bond acceptors (Lipinski definition) is 4. The molecule has 2 saturated heterocycles. The van der Waals surface area contributed by atoms with Crippen LogP contribution in [-0.4, -0.2) is 55.0 Å². The van der Waals surface area contributed by atoms with Gasteiger partial charge in [-0.25, -0.2) is 0 Å². The van der Waals surface area contributed by atoms with Gasteiger partial charge in [-0.2, -0.15) is 0 Å². The molecule has 0 atom stereocenters. The topological polar surface area (TPSA) is 32.8 Å². The molecule has 4 rings (SSSR count). The second-order valence-corrected chi connectivity index (χ2v) is 9.59. The Hall–Kier alpha value is -1.95. The van der Waals surface area contributed by atoms with E-state index in [0.717, 1.165) is 47.0 Å². The Morgan fingerprint density at radius 1 is 1.10 bits per heavy atom. The van der Waals surface area contributed by atoms with Crippen LogP contribution in [0.3, 0.4) is 0 Å². The van der Waals surface area contributed by atoms with Crippen molar-refractivity contribution in [3.8, 4) is 5.75 Å². The van der Waals surface area contributed by atoms with Crippen molar-refractivity contribution in [2.75, 3.05) is 33.3 Å². The molecular weight excluding hydrogens is 428 g/mol. The lowest BCUT2D eigenvalue weighted by Gasteiger charge is -2.36. The highest BCUT2D eigenvalue weighted by Gasteiger charge is 2.27. The van der Waals surface area contributed by atoms with Gasteiger partial charge in [0.25, 0.3) is 0 Å². The number of amides is 1. The molecule has 1 amide bonds. The summed E-state index contributed by atoms with van der Waals surface area (Å²) in [7, 11) is 1.67. The van der Waals surface area contributed by atoms with Crippen molar-refractivity contribution in [1.82, 2.24) is 9.80 Å². The largest absolute Gasteiger partial charge is 0.496 e. The lowest BCUT2D eigenvalue weighted by molar-refractivity contribution is -0.127. The second-order valence-electron chi connectivity index (χ2n) is 8.07. The van der Waals surface area contributed by atoms with Crippen molar-refractivity contribution < 1.29 is 9.53 Å². The molecule has 0 aliphatic carbocycles. The first kappa shape index (κ1) is 22.3. The molecule has 0 radical (unpaired) electrons. The molecule has 164 valence electrons. The fraction of sp³-hybridized carbons (Fsp3) is 0.400. The van der Waals surface area contributed by atoms with Gasteiger partial charge in [0.2, 0.25) is 5.91 Å². The number of piperidine rings is 1. The molecule has 2 heterocycles. The molecule has 0 aromatic heterocycles. The van der Waals surface area contributed by atoms with Gasteiger partial charge in [-0.1, -0.05) is 41.6 Å². The maximum absolute atomic E-state index is 12.7. The quantitative estimate of drug-likeness (QED) is 0.529. The van der Waals surface area contributed by atoms with Crippen molar-refractivity contribution in [2.45, 2.75) is 41.5 Å². The van der Waals surface area contributed by atoms with E-state index in [1.165, 1.54) is 25.9 Å². The summed E-state index contributed by atoms with van der Waals surface area (Å²) < 4.78 is 5.42. The maximum Gasteiger partial charge on any atom is 0.246 e. The standard InChI is InChI=1S/C25H29ClN2O2S/c1-30-23-6-2-3-7-24(23)31-21-10-8-19(22(26)18-21)9-11-25(29)28-16-12-20(13-17-28)27-14-4-5-15-27/h2-3,6-11,18,20H,4-5,12-17H2,1H3. The Bertz CT molecular complexity index is 935. The van der Waals surface area contributed by atoms with Crippen molar-refractivity contribution >= 4 is 35.3 Å². The number of nitrogens with zero attached hydrogens (tertiary/aromatic N) is 2. The van der Waals surface area contributed by atoms with Gasteiger partial charge in [0.15, 0.2) is 0 Å². The van der Waals surface area contributed by atoms with Gasteiger partial charge in [-0.05, 0) is 74.7 Å². The van der Waals surface area contributed by atoms with E-state index in [9.17, 15) is 4.79 Å². The van der Waals surface area contributed by atoms with Crippen LogP contribution in [0.4, 0.5) is 0 Å². The van der Waals surface area contributed by atoms with Crippen LogP contribution in [0.15, 0.2) is 58.3 Å². The smallest absolute Gasteiger partial charge is 0.246 e. The lowest BCUT2D eigenvalue weighted by Crippen LogP contribution is -2.45. The SMILES string of the molecule is COc1ccccc1Sc1ccc(C=CC(=O)N2CCC(N3CCCC3)CC2)c(Cl)c1. The molecule has 2 aromatic carbocycles. The Balaban J connectivity index is 1.34. The third-order valence-corrected chi connectivity index (χ3v) is 7.48. The fourth-order valence-electron chi connectivity index (χ4n) is 4.36. The zero-order valence-electron chi connectivity index (χ0n) is 17.9. The molecule has 0 N–H and O–H groups in total. The van der Waals surface area contributed by atoms with E-state index in [2.05, 4.69) is 4.90 Å². The number of benzene rings is 2. The van der Waals surface area contributed by atoms with Crippen molar-refractivity contribution in [1.29, 1.82) is 0 Å². The van der Waals surface area contributed by atoms with Crippen LogP contribution in [0.2, 0.25) is 5.02 Å². The van der Waals surface area contributed by atoms with Gasteiger partial charge in [0, 0.05) is 35.1 Å². The van der Waals surface area contributed by atoms with E-state index in [1.807, 2.05) is 53.4 Å². The van der Waals surface area contributed by atoms with Crippen LogP contribution in [0, 0.1) is 0 Å². The summed E-state index contributed by atoms with van der Waals surface area (Å²) in [5.74, 6) is 0.912. The second kappa shape index (κ2) is 10.6. The van der Waals surface area contributed by atoms with E-state index in [1.54, 1.807) is 24.9 Å². The van der Waals surface area contributed by atoms with Gasteiger partial charge in [-0.3, -0.25) is 4.79 Å².